The van der Waals surface area contributed by atoms with E-state index < -0.39 is 0 Å². The number of rotatable bonds is 9. The molecule has 0 saturated heterocycles. The van der Waals surface area contributed by atoms with Crippen LogP contribution in [0.25, 0.3) is 10.9 Å². The van der Waals surface area contributed by atoms with Crippen molar-refractivity contribution in [2.24, 2.45) is 5.10 Å². The molecule has 0 fully saturated rings. The average Bonchev–Trinajstić information content (AvgIpc) is 2.88. The molecule has 4 aromatic rings. The summed E-state index contributed by atoms with van der Waals surface area (Å²) in [7, 11) is 0. The predicted molar refractivity (Wildman–Crippen MR) is 172 cm³/mol. The normalized spacial score (nSPS) is 12.3. The minimum absolute atomic E-state index is 0.0562. The van der Waals surface area contributed by atoms with Gasteiger partial charge in [-0.2, -0.15) is 9.78 Å². The van der Waals surface area contributed by atoms with Crippen LogP contribution in [0.4, 0.5) is 0 Å². The van der Waals surface area contributed by atoms with Gasteiger partial charge in [-0.25, -0.2) is 4.98 Å². The zero-order valence-electron chi connectivity index (χ0n) is 21.0. The third-order valence-corrected chi connectivity index (χ3v) is 8.45. The van der Waals surface area contributed by atoms with E-state index in [1.807, 2.05) is 56.3 Å². The molecular weight excluding hydrogens is 793 g/mol. The van der Waals surface area contributed by atoms with E-state index in [0.717, 1.165) is 34.5 Å². The number of halogens is 4. The van der Waals surface area contributed by atoms with Crippen molar-refractivity contribution in [3.63, 3.8) is 0 Å². The maximum atomic E-state index is 13.4. The molecule has 1 aromatic heterocycles. The molecule has 0 saturated carbocycles. The van der Waals surface area contributed by atoms with Crippen LogP contribution in [-0.2, 0) is 6.61 Å². The average molecular weight is 818 g/mol. The Hall–Kier alpha value is -1.76. The fourth-order valence-corrected chi connectivity index (χ4v) is 6.06. The van der Waals surface area contributed by atoms with E-state index in [1.165, 1.54) is 4.68 Å². The zero-order chi connectivity index (χ0) is 27.4. The van der Waals surface area contributed by atoms with Crippen LogP contribution in [-0.4, -0.2) is 22.5 Å². The van der Waals surface area contributed by atoms with Crippen molar-refractivity contribution in [3.8, 4) is 11.5 Å². The number of ether oxygens (including phenoxy) is 2. The van der Waals surface area contributed by atoms with Gasteiger partial charge in [-0.1, -0.05) is 67.7 Å². The van der Waals surface area contributed by atoms with Gasteiger partial charge in [0.1, 0.15) is 12.4 Å². The molecule has 0 aliphatic rings. The number of aromatic nitrogens is 2. The van der Waals surface area contributed by atoms with Gasteiger partial charge in [-0.3, -0.25) is 4.79 Å². The van der Waals surface area contributed by atoms with Gasteiger partial charge in [-0.05, 0) is 84.0 Å². The number of hydrogen-bond acceptors (Lipinski definition) is 5. The lowest BCUT2D eigenvalue weighted by atomic mass is 10.1. The van der Waals surface area contributed by atoms with E-state index in [-0.39, 0.29) is 11.5 Å². The third-order valence-electron chi connectivity index (χ3n) is 5.93. The Kier molecular flexibility index (Phi) is 10.0. The second-order valence-electron chi connectivity index (χ2n) is 8.59. The molecule has 0 aliphatic carbocycles. The third kappa shape index (κ3) is 6.68. The molecule has 4 rings (SSSR count). The van der Waals surface area contributed by atoms with E-state index in [4.69, 9.17) is 14.5 Å². The molecule has 1 heterocycles. The monoisotopic (exact) mass is 815 g/mol. The van der Waals surface area contributed by atoms with Crippen LogP contribution in [0, 0.1) is 3.57 Å². The van der Waals surface area contributed by atoms with Crippen LogP contribution in [0.3, 0.4) is 0 Å². The number of fused-ring (bicyclic) bond motifs is 1. The molecule has 198 valence electrons. The standard InChI is InChI=1S/C28H25Br3IN3O3/c1-4-16(3)27-34-24-9-8-19(29)12-21(24)28(36)35(27)33-14-17-10-23(32)26(25(11-17)37-5-2)38-15-18-6-7-20(30)13-22(18)31/h6-14,16H,4-5,15H2,1-3H3/t16-/m1/s1. The molecule has 38 heavy (non-hydrogen) atoms. The Morgan fingerprint density at radius 1 is 1.05 bits per heavy atom. The van der Waals surface area contributed by atoms with Gasteiger partial charge in [0.25, 0.3) is 5.56 Å². The van der Waals surface area contributed by atoms with Gasteiger partial charge in [0, 0.05) is 24.9 Å². The van der Waals surface area contributed by atoms with Crippen molar-refractivity contribution in [2.45, 2.75) is 39.7 Å². The van der Waals surface area contributed by atoms with E-state index >= 15 is 0 Å². The highest BCUT2D eigenvalue weighted by molar-refractivity contribution is 14.1. The summed E-state index contributed by atoms with van der Waals surface area (Å²) in [5.74, 6) is 1.96. The summed E-state index contributed by atoms with van der Waals surface area (Å²) in [6.07, 6.45) is 2.50. The Morgan fingerprint density at radius 3 is 2.50 bits per heavy atom. The van der Waals surface area contributed by atoms with Gasteiger partial charge in [0.2, 0.25) is 0 Å². The maximum Gasteiger partial charge on any atom is 0.282 e. The summed E-state index contributed by atoms with van der Waals surface area (Å²) >= 11 is 12.8. The molecular formula is C28H25Br3IN3O3. The summed E-state index contributed by atoms with van der Waals surface area (Å²) in [5, 5.41) is 5.11. The van der Waals surface area contributed by atoms with Crippen molar-refractivity contribution in [1.29, 1.82) is 0 Å². The molecule has 0 spiro atoms. The largest absolute Gasteiger partial charge is 0.490 e. The van der Waals surface area contributed by atoms with Crippen LogP contribution in [0.5, 0.6) is 11.5 Å². The molecule has 0 amide bonds. The second-order valence-corrected chi connectivity index (χ2v) is 12.4. The maximum absolute atomic E-state index is 13.4. The summed E-state index contributed by atoms with van der Waals surface area (Å²) in [6.45, 7) is 6.91. The summed E-state index contributed by atoms with van der Waals surface area (Å²) < 4.78 is 17.2. The van der Waals surface area contributed by atoms with Crippen LogP contribution < -0.4 is 15.0 Å². The number of benzene rings is 3. The van der Waals surface area contributed by atoms with Gasteiger partial charge in [0.05, 0.1) is 27.3 Å². The Balaban J connectivity index is 1.71. The van der Waals surface area contributed by atoms with E-state index in [2.05, 4.69) is 82.4 Å². The summed E-state index contributed by atoms with van der Waals surface area (Å²) in [4.78, 5) is 18.2. The van der Waals surface area contributed by atoms with Gasteiger partial charge >= 0.3 is 0 Å². The lowest BCUT2D eigenvalue weighted by Gasteiger charge is -2.16. The van der Waals surface area contributed by atoms with Crippen LogP contribution in [0.15, 0.2) is 71.8 Å². The zero-order valence-corrected chi connectivity index (χ0v) is 27.9. The van der Waals surface area contributed by atoms with Crippen molar-refractivity contribution in [3.05, 3.63) is 92.8 Å². The molecule has 6 nitrogen and oxygen atoms in total. The minimum Gasteiger partial charge on any atom is -0.490 e. The topological polar surface area (TPSA) is 65.7 Å². The van der Waals surface area contributed by atoms with Crippen molar-refractivity contribution in [2.75, 3.05) is 6.61 Å². The fraction of sp³-hybridized carbons (Fsp3) is 0.250. The van der Waals surface area contributed by atoms with Crippen molar-refractivity contribution in [1.82, 2.24) is 9.66 Å². The summed E-state index contributed by atoms with van der Waals surface area (Å²) in [5.41, 5.74) is 2.26. The quantitative estimate of drug-likeness (QED) is 0.125. The molecule has 0 radical (unpaired) electrons. The highest BCUT2D eigenvalue weighted by Gasteiger charge is 2.17. The molecule has 0 aliphatic heterocycles. The van der Waals surface area contributed by atoms with Gasteiger partial charge in [0.15, 0.2) is 11.5 Å². The highest BCUT2D eigenvalue weighted by Crippen LogP contribution is 2.35. The molecule has 0 unspecified atom stereocenters. The Bertz CT molecular complexity index is 1570. The van der Waals surface area contributed by atoms with Crippen LogP contribution >= 0.6 is 70.4 Å². The Morgan fingerprint density at radius 2 is 1.79 bits per heavy atom. The SMILES string of the molecule is CCOc1cc(C=Nn2c([C@H](C)CC)nc3ccc(Br)cc3c2=O)cc(I)c1OCc1ccc(Br)cc1Br. The van der Waals surface area contributed by atoms with Gasteiger partial charge < -0.3 is 9.47 Å². The minimum atomic E-state index is -0.206. The molecule has 0 bridgehead atoms. The molecule has 10 heteroatoms. The van der Waals surface area contributed by atoms with E-state index in [1.54, 1.807) is 12.3 Å². The Labute approximate surface area is 260 Å². The lowest BCUT2D eigenvalue weighted by molar-refractivity contribution is 0.267. The first-order valence-electron chi connectivity index (χ1n) is 12.0. The first-order chi connectivity index (χ1) is 18.2. The van der Waals surface area contributed by atoms with E-state index in [9.17, 15) is 4.79 Å². The lowest BCUT2D eigenvalue weighted by Crippen LogP contribution is -2.23. The molecule has 3 aromatic carbocycles. The second kappa shape index (κ2) is 13.1. The number of nitrogens with zero attached hydrogens (tertiary/aromatic N) is 3. The first kappa shape index (κ1) is 29.2. The van der Waals surface area contributed by atoms with Crippen LogP contribution in [0.1, 0.15) is 50.1 Å². The van der Waals surface area contributed by atoms with E-state index in [0.29, 0.717) is 41.4 Å². The first-order valence-corrected chi connectivity index (χ1v) is 15.5. The number of hydrogen-bond donors (Lipinski definition) is 0. The van der Waals surface area contributed by atoms with Crippen molar-refractivity contribution >= 4 is 87.5 Å². The molecule has 1 atom stereocenters. The molecule has 0 N–H and O–H groups in total. The van der Waals surface area contributed by atoms with Gasteiger partial charge in [-0.15, -0.1) is 0 Å². The fourth-order valence-electron chi connectivity index (χ4n) is 3.76. The van der Waals surface area contributed by atoms with Crippen molar-refractivity contribution < 1.29 is 9.47 Å². The predicted octanol–water partition coefficient (Wildman–Crippen LogP) is 8.66. The van der Waals surface area contributed by atoms with Crippen LogP contribution in [0.2, 0.25) is 0 Å². The smallest absolute Gasteiger partial charge is 0.282 e. The summed E-state index contributed by atoms with van der Waals surface area (Å²) in [6, 6.07) is 15.3. The highest BCUT2D eigenvalue weighted by atomic mass is 127.